The van der Waals surface area contributed by atoms with Crippen molar-refractivity contribution < 1.29 is 36.7 Å². The second-order valence-corrected chi connectivity index (χ2v) is 18.3. The fraction of sp³-hybridized carbons (Fsp3) is 0.489. The van der Waals surface area contributed by atoms with E-state index in [-0.39, 0.29) is 41.7 Å². The summed E-state index contributed by atoms with van der Waals surface area (Å²) in [5.41, 5.74) is 5.92. The normalized spacial score (nSPS) is 24.0. The highest BCUT2D eigenvalue weighted by atomic mass is 19.3. The number of rotatable bonds is 8. The average molecular weight is 854 g/mol. The quantitative estimate of drug-likeness (QED) is 0.156. The predicted octanol–water partition coefficient (Wildman–Crippen LogP) is 6.42. The van der Waals surface area contributed by atoms with Gasteiger partial charge in [0.05, 0.1) is 12.6 Å². The number of carbonyl (C=O) groups excluding carboxylic acids is 4. The smallest absolute Gasteiger partial charge is 0.255 e. The van der Waals surface area contributed by atoms with Gasteiger partial charge in [-0.25, -0.2) is 17.6 Å². The zero-order chi connectivity index (χ0) is 43.0. The molecule has 1 aromatic heterocycles. The maximum Gasteiger partial charge on any atom is 0.255 e. The number of likely N-dealkylation sites (tertiary alicyclic amines) is 1. The molecule has 2 N–H and O–H groups in total. The highest BCUT2D eigenvalue weighted by Crippen LogP contribution is 2.44. The van der Waals surface area contributed by atoms with Gasteiger partial charge in [0.2, 0.25) is 17.7 Å². The molecule has 6 aliphatic rings. The van der Waals surface area contributed by atoms with Crippen LogP contribution in [0.1, 0.15) is 102 Å². The van der Waals surface area contributed by atoms with Crippen LogP contribution in [0.2, 0.25) is 0 Å². The summed E-state index contributed by atoms with van der Waals surface area (Å²) in [6.07, 6.45) is 2.30. The number of aromatic amines is 1. The third kappa shape index (κ3) is 7.34. The van der Waals surface area contributed by atoms with Crippen molar-refractivity contribution in [3.63, 3.8) is 0 Å². The van der Waals surface area contributed by atoms with E-state index in [1.807, 2.05) is 53.1 Å². The van der Waals surface area contributed by atoms with Gasteiger partial charge in [0.25, 0.3) is 12.3 Å². The SMILES string of the molecule is C[C@@H]1Cc2c([nH]c3ccccc23)[C@@H](c2c(F)cc(N3CCC(N4CCC(CC(=O)N5Cc6cc7c(cc6C5)C(=O)N(C5CCC(=O)NC5=O)C7)CC4)CC3)cc2F)N1CC(F)F. The van der Waals surface area contributed by atoms with Crippen LogP contribution in [-0.4, -0.2) is 105 Å². The molecular formula is C47H51F4N7O4. The number of amides is 4. The molecule has 0 bridgehead atoms. The van der Waals surface area contributed by atoms with Gasteiger partial charge in [0, 0.05) is 91.1 Å². The van der Waals surface area contributed by atoms with Crippen molar-refractivity contribution in [2.45, 2.75) is 109 Å². The molecule has 0 spiro atoms. The van der Waals surface area contributed by atoms with Gasteiger partial charge in [-0.3, -0.25) is 29.4 Å². The zero-order valence-electron chi connectivity index (χ0n) is 34.8. The molecular weight excluding hydrogens is 803 g/mol. The summed E-state index contributed by atoms with van der Waals surface area (Å²) < 4.78 is 60.4. The molecule has 3 atom stereocenters. The minimum Gasteiger partial charge on any atom is -0.371 e. The van der Waals surface area contributed by atoms with Crippen LogP contribution in [-0.2, 0) is 40.4 Å². The van der Waals surface area contributed by atoms with Crippen molar-refractivity contribution in [2.24, 2.45) is 5.92 Å². The van der Waals surface area contributed by atoms with Crippen molar-refractivity contribution >= 4 is 40.2 Å². The second-order valence-electron chi connectivity index (χ2n) is 18.3. The molecule has 4 aromatic rings. The molecule has 3 aromatic carbocycles. The van der Waals surface area contributed by atoms with E-state index in [4.69, 9.17) is 0 Å². The van der Waals surface area contributed by atoms with Crippen LogP contribution in [0.25, 0.3) is 10.9 Å². The summed E-state index contributed by atoms with van der Waals surface area (Å²) >= 11 is 0. The number of benzene rings is 3. The number of nitrogens with one attached hydrogen (secondary N) is 2. The van der Waals surface area contributed by atoms with Crippen LogP contribution >= 0.6 is 0 Å². The minimum absolute atomic E-state index is 0.108. The zero-order valence-corrected chi connectivity index (χ0v) is 34.8. The number of hydrogen-bond donors (Lipinski definition) is 2. The van der Waals surface area contributed by atoms with E-state index >= 15 is 8.78 Å². The van der Waals surface area contributed by atoms with Crippen molar-refractivity contribution in [1.82, 2.24) is 29.9 Å². The number of halogens is 4. The number of aromatic nitrogens is 1. The molecule has 15 heteroatoms. The lowest BCUT2D eigenvalue weighted by molar-refractivity contribution is -0.137. The van der Waals surface area contributed by atoms with Gasteiger partial charge in [-0.2, -0.15) is 0 Å². The topological polar surface area (TPSA) is 112 Å². The monoisotopic (exact) mass is 853 g/mol. The maximum absolute atomic E-state index is 16.3. The first-order valence-electron chi connectivity index (χ1n) is 22.1. The number of piperidine rings is 3. The Labute approximate surface area is 357 Å². The molecule has 11 nitrogen and oxygen atoms in total. The summed E-state index contributed by atoms with van der Waals surface area (Å²) in [6, 6.07) is 12.5. The molecule has 3 fully saturated rings. The van der Waals surface area contributed by atoms with Crippen LogP contribution in [0.3, 0.4) is 0 Å². The number of H-pyrrole nitrogens is 1. The third-order valence-corrected chi connectivity index (χ3v) is 14.6. The lowest BCUT2D eigenvalue weighted by atomic mass is 9.88. The lowest BCUT2D eigenvalue weighted by Gasteiger charge is -2.43. The molecule has 326 valence electrons. The van der Waals surface area contributed by atoms with Crippen LogP contribution in [0.4, 0.5) is 23.2 Å². The van der Waals surface area contributed by atoms with E-state index < -0.39 is 42.6 Å². The van der Waals surface area contributed by atoms with E-state index in [2.05, 4.69) is 15.2 Å². The summed E-state index contributed by atoms with van der Waals surface area (Å²) in [5, 5.41) is 3.28. The van der Waals surface area contributed by atoms with Gasteiger partial charge in [-0.15, -0.1) is 0 Å². The fourth-order valence-electron chi connectivity index (χ4n) is 11.3. The van der Waals surface area contributed by atoms with Crippen molar-refractivity contribution in [3.8, 4) is 0 Å². The standard InChI is InChI=1S/C47H51F4N7O4/c1-26-16-35-33-4-2-3-5-38(33)52-44(35)45(57(26)25-40(50)51)43-36(48)20-32(21-37(43)49)55-14-10-31(11-15-55)54-12-8-27(9-13-54)17-42(60)56-22-28-18-30-24-58(39-6-7-41(59)53-46(39)61)47(62)34(30)19-29(28)23-56/h2-5,18-21,26-27,31,39-40,45,52H,6-17,22-25H2,1H3,(H,53,59,61)/t26-,39?,45-/m1/s1. The molecule has 0 aliphatic carbocycles. The largest absolute Gasteiger partial charge is 0.371 e. The number of anilines is 1. The first kappa shape index (κ1) is 40.8. The molecule has 3 saturated heterocycles. The first-order chi connectivity index (χ1) is 29.9. The van der Waals surface area contributed by atoms with Gasteiger partial charge in [0.15, 0.2) is 0 Å². The van der Waals surface area contributed by atoms with Gasteiger partial charge in [-0.05, 0) is 111 Å². The summed E-state index contributed by atoms with van der Waals surface area (Å²) in [5.74, 6) is -2.07. The van der Waals surface area contributed by atoms with E-state index in [1.165, 1.54) is 17.0 Å². The van der Waals surface area contributed by atoms with Gasteiger partial charge in [0.1, 0.15) is 17.7 Å². The number of fused-ring (bicyclic) bond motifs is 5. The fourth-order valence-corrected chi connectivity index (χ4v) is 11.3. The molecule has 62 heavy (non-hydrogen) atoms. The Hall–Kier alpha value is -5.28. The minimum atomic E-state index is -2.67. The van der Waals surface area contributed by atoms with Crippen molar-refractivity contribution in [1.29, 1.82) is 0 Å². The second kappa shape index (κ2) is 16.1. The van der Waals surface area contributed by atoms with Crippen LogP contribution < -0.4 is 10.2 Å². The number of para-hydroxylation sites is 1. The average Bonchev–Trinajstić information content (AvgIpc) is 3.93. The molecule has 1 unspecified atom stereocenters. The van der Waals surface area contributed by atoms with Crippen molar-refractivity contribution in [2.75, 3.05) is 37.6 Å². The predicted molar refractivity (Wildman–Crippen MR) is 223 cm³/mol. The Balaban J connectivity index is 0.729. The van der Waals surface area contributed by atoms with Crippen LogP contribution in [0.15, 0.2) is 48.5 Å². The summed E-state index contributed by atoms with van der Waals surface area (Å²) in [4.78, 5) is 63.8. The van der Waals surface area contributed by atoms with Crippen LogP contribution in [0, 0.1) is 17.6 Å². The van der Waals surface area contributed by atoms with Crippen molar-refractivity contribution in [3.05, 3.63) is 99.2 Å². The first-order valence-corrected chi connectivity index (χ1v) is 22.1. The molecule has 7 heterocycles. The van der Waals surface area contributed by atoms with Gasteiger partial charge >= 0.3 is 0 Å². The third-order valence-electron chi connectivity index (χ3n) is 14.6. The maximum atomic E-state index is 16.3. The summed E-state index contributed by atoms with van der Waals surface area (Å²) in [7, 11) is 0. The molecule has 10 rings (SSSR count). The lowest BCUT2D eigenvalue weighted by Crippen LogP contribution is -2.52. The van der Waals surface area contributed by atoms with E-state index in [9.17, 15) is 28.0 Å². The number of imide groups is 1. The summed E-state index contributed by atoms with van der Waals surface area (Å²) in [6.45, 7) is 5.50. The van der Waals surface area contributed by atoms with E-state index in [0.29, 0.717) is 75.0 Å². The van der Waals surface area contributed by atoms with E-state index in [1.54, 1.807) is 4.90 Å². The molecule has 6 aliphatic heterocycles. The van der Waals surface area contributed by atoms with E-state index in [0.717, 1.165) is 71.9 Å². The molecule has 4 amide bonds. The van der Waals surface area contributed by atoms with Gasteiger partial charge in [-0.1, -0.05) is 24.3 Å². The molecule has 0 radical (unpaired) electrons. The van der Waals surface area contributed by atoms with Crippen LogP contribution in [0.5, 0.6) is 0 Å². The highest BCUT2D eigenvalue weighted by Gasteiger charge is 2.42. The Bertz CT molecular complexity index is 2440. The van der Waals surface area contributed by atoms with Gasteiger partial charge < -0.3 is 24.6 Å². The Morgan fingerprint density at radius 1 is 0.855 bits per heavy atom. The Kier molecular flexibility index (Phi) is 10.6. The Morgan fingerprint density at radius 3 is 2.27 bits per heavy atom. The number of nitrogens with zero attached hydrogens (tertiary/aromatic N) is 5. The Morgan fingerprint density at radius 2 is 1.56 bits per heavy atom. The number of hydrogen-bond acceptors (Lipinski definition) is 7. The molecule has 0 saturated carbocycles. The number of carbonyl (C=O) groups is 4. The highest BCUT2D eigenvalue weighted by molar-refractivity contribution is 6.05. The number of alkyl halides is 2.